The number of nitrogens with zero attached hydrogens (tertiary/aromatic N) is 1. The average Bonchev–Trinajstić information content (AvgIpc) is 2.55. The Balaban J connectivity index is 1.69. The number of rotatable bonds is 3. The first-order valence-corrected chi connectivity index (χ1v) is 11.6. The van der Waals surface area contributed by atoms with Gasteiger partial charge in [0.2, 0.25) is 10.0 Å². The van der Waals surface area contributed by atoms with E-state index in [1.165, 1.54) is 7.05 Å². The maximum atomic E-state index is 12.0. The fourth-order valence-electron chi connectivity index (χ4n) is 5.42. The fraction of sp³-hybridized carbons (Fsp3) is 1.00. The van der Waals surface area contributed by atoms with Gasteiger partial charge in [-0.2, -0.15) is 0 Å². The van der Waals surface area contributed by atoms with Crippen molar-refractivity contribution in [1.82, 2.24) is 9.62 Å². The molecule has 3 aliphatic rings. The zero-order chi connectivity index (χ0) is 17.5. The molecule has 0 bridgehead atoms. The Morgan fingerprint density at radius 2 is 1.58 bits per heavy atom. The summed E-state index contributed by atoms with van der Waals surface area (Å²) in [5.74, 6) is 2.34. The molecule has 1 aliphatic heterocycles. The van der Waals surface area contributed by atoms with Crippen molar-refractivity contribution in [3.63, 3.8) is 0 Å². The smallest absolute Gasteiger partial charge is 0.214 e. The topological polar surface area (TPSA) is 49.4 Å². The summed E-state index contributed by atoms with van der Waals surface area (Å²) in [4.78, 5) is 2.42. The van der Waals surface area contributed by atoms with E-state index < -0.39 is 10.0 Å². The van der Waals surface area contributed by atoms with Crippen LogP contribution in [0.25, 0.3) is 0 Å². The Hall–Kier alpha value is 0.450. The first kappa shape index (κ1) is 19.2. The first-order chi connectivity index (χ1) is 11.3. The quantitative estimate of drug-likeness (QED) is 0.745. The molecule has 0 amide bonds. The van der Waals surface area contributed by atoms with Gasteiger partial charge in [0, 0.05) is 23.8 Å². The molecule has 1 heterocycles. The van der Waals surface area contributed by atoms with E-state index in [4.69, 9.17) is 23.2 Å². The van der Waals surface area contributed by atoms with Crippen LogP contribution in [-0.2, 0) is 10.0 Å². The van der Waals surface area contributed by atoms with Crippen LogP contribution in [0.2, 0.25) is 0 Å². The SMILES string of the molecule is CNS(=O)(=O)C1CCC(C2CN(C)CC3C(Cl)CC(Cl)CC32)CC1. The lowest BCUT2D eigenvalue weighted by Crippen LogP contribution is -2.53. The fourth-order valence-corrected chi connectivity index (χ4v) is 7.61. The molecule has 5 atom stereocenters. The van der Waals surface area contributed by atoms with Gasteiger partial charge in [-0.3, -0.25) is 0 Å². The van der Waals surface area contributed by atoms with E-state index in [0.29, 0.717) is 23.7 Å². The summed E-state index contributed by atoms with van der Waals surface area (Å²) < 4.78 is 26.6. The molecule has 2 saturated carbocycles. The number of likely N-dealkylation sites (tertiary alicyclic amines) is 1. The zero-order valence-electron chi connectivity index (χ0n) is 14.6. The zero-order valence-corrected chi connectivity index (χ0v) is 17.0. The molecule has 140 valence electrons. The monoisotopic (exact) mass is 396 g/mol. The lowest BCUT2D eigenvalue weighted by molar-refractivity contribution is 0.0108. The summed E-state index contributed by atoms with van der Waals surface area (Å²) in [6, 6.07) is 0. The van der Waals surface area contributed by atoms with Crippen molar-refractivity contribution in [3.8, 4) is 0 Å². The molecule has 0 spiro atoms. The van der Waals surface area contributed by atoms with Gasteiger partial charge in [-0.05, 0) is 76.3 Å². The van der Waals surface area contributed by atoms with Gasteiger partial charge in [0.15, 0.2) is 0 Å². The van der Waals surface area contributed by atoms with E-state index in [1.54, 1.807) is 0 Å². The second-order valence-corrected chi connectivity index (χ2v) is 11.4. The van der Waals surface area contributed by atoms with Gasteiger partial charge in [-0.25, -0.2) is 13.1 Å². The van der Waals surface area contributed by atoms with Crippen molar-refractivity contribution in [3.05, 3.63) is 0 Å². The molecule has 2 aliphatic carbocycles. The maximum Gasteiger partial charge on any atom is 0.214 e. The summed E-state index contributed by atoms with van der Waals surface area (Å²) in [5.41, 5.74) is 0. The normalized spacial score (nSPS) is 44.9. The lowest BCUT2D eigenvalue weighted by atomic mass is 9.63. The minimum atomic E-state index is -3.13. The molecule has 7 heteroatoms. The second-order valence-electron chi connectivity index (χ2n) is 8.08. The van der Waals surface area contributed by atoms with Gasteiger partial charge < -0.3 is 4.90 Å². The molecule has 0 aromatic carbocycles. The van der Waals surface area contributed by atoms with Crippen LogP contribution in [0.5, 0.6) is 0 Å². The van der Waals surface area contributed by atoms with Crippen molar-refractivity contribution in [2.24, 2.45) is 23.7 Å². The highest BCUT2D eigenvalue weighted by Gasteiger charge is 2.47. The van der Waals surface area contributed by atoms with E-state index in [2.05, 4.69) is 16.7 Å². The van der Waals surface area contributed by atoms with Crippen LogP contribution in [0.1, 0.15) is 38.5 Å². The number of halogens is 2. The highest BCUT2D eigenvalue weighted by atomic mass is 35.5. The standard InChI is InChI=1S/C17H30Cl2N2O2S/c1-20-24(22,23)13-5-3-11(4-6-13)15-9-21(2)10-16-14(15)7-12(18)8-17(16)19/h11-17,20H,3-10H2,1-2H3. The molecular formula is C17H30Cl2N2O2S. The molecule has 3 fully saturated rings. The third kappa shape index (κ3) is 3.90. The Kier molecular flexibility index (Phi) is 6.08. The van der Waals surface area contributed by atoms with Crippen LogP contribution in [0.15, 0.2) is 0 Å². The van der Waals surface area contributed by atoms with Crippen LogP contribution in [-0.4, -0.2) is 56.5 Å². The van der Waals surface area contributed by atoms with Crippen LogP contribution in [0.4, 0.5) is 0 Å². The van der Waals surface area contributed by atoms with Gasteiger partial charge in [0.25, 0.3) is 0 Å². The van der Waals surface area contributed by atoms with Crippen LogP contribution < -0.4 is 4.72 Å². The number of hydrogen-bond acceptors (Lipinski definition) is 3. The van der Waals surface area contributed by atoms with Crippen molar-refractivity contribution >= 4 is 33.2 Å². The largest absolute Gasteiger partial charge is 0.306 e. The van der Waals surface area contributed by atoms with Gasteiger partial charge in [0.05, 0.1) is 5.25 Å². The van der Waals surface area contributed by atoms with Gasteiger partial charge in [-0.1, -0.05) is 0 Å². The third-order valence-electron chi connectivity index (χ3n) is 6.67. The van der Waals surface area contributed by atoms with Gasteiger partial charge in [-0.15, -0.1) is 23.2 Å². The summed E-state index contributed by atoms with van der Waals surface area (Å²) in [5, 5.41) is 0.155. The number of piperidine rings is 1. The van der Waals surface area contributed by atoms with E-state index in [-0.39, 0.29) is 16.0 Å². The molecule has 0 radical (unpaired) electrons. The van der Waals surface area contributed by atoms with E-state index in [1.807, 2.05) is 0 Å². The number of nitrogens with one attached hydrogen (secondary N) is 1. The molecule has 0 aromatic heterocycles. The van der Waals surface area contributed by atoms with E-state index in [0.717, 1.165) is 51.6 Å². The van der Waals surface area contributed by atoms with E-state index in [9.17, 15) is 8.42 Å². The second kappa shape index (κ2) is 7.59. The van der Waals surface area contributed by atoms with Crippen molar-refractivity contribution in [2.75, 3.05) is 27.2 Å². The Labute approximate surface area is 156 Å². The number of sulfonamides is 1. The molecule has 24 heavy (non-hydrogen) atoms. The van der Waals surface area contributed by atoms with Gasteiger partial charge >= 0.3 is 0 Å². The molecule has 0 aromatic rings. The summed E-state index contributed by atoms with van der Waals surface area (Å²) in [7, 11) is 0.581. The van der Waals surface area contributed by atoms with Crippen LogP contribution in [0.3, 0.4) is 0 Å². The maximum absolute atomic E-state index is 12.0. The minimum absolute atomic E-state index is 0.178. The molecule has 1 saturated heterocycles. The highest BCUT2D eigenvalue weighted by Crippen LogP contribution is 2.48. The molecular weight excluding hydrogens is 367 g/mol. The summed E-state index contributed by atoms with van der Waals surface area (Å²) in [6.07, 6.45) is 5.56. The van der Waals surface area contributed by atoms with Crippen LogP contribution >= 0.6 is 23.2 Å². The Bertz CT molecular complexity index is 537. The first-order valence-electron chi connectivity index (χ1n) is 9.21. The number of hydrogen-bond donors (Lipinski definition) is 1. The van der Waals surface area contributed by atoms with Gasteiger partial charge in [0.1, 0.15) is 0 Å². The predicted molar refractivity (Wildman–Crippen MR) is 100 cm³/mol. The lowest BCUT2D eigenvalue weighted by Gasteiger charge is -2.51. The summed E-state index contributed by atoms with van der Waals surface area (Å²) >= 11 is 13.1. The third-order valence-corrected chi connectivity index (χ3v) is 9.44. The molecule has 5 unspecified atom stereocenters. The number of fused-ring (bicyclic) bond motifs is 1. The molecule has 3 rings (SSSR count). The predicted octanol–water partition coefficient (Wildman–Crippen LogP) is 2.90. The average molecular weight is 397 g/mol. The van der Waals surface area contributed by atoms with Crippen molar-refractivity contribution < 1.29 is 8.42 Å². The van der Waals surface area contributed by atoms with Crippen molar-refractivity contribution in [1.29, 1.82) is 0 Å². The Morgan fingerprint density at radius 1 is 0.958 bits per heavy atom. The molecule has 1 N–H and O–H groups in total. The Morgan fingerprint density at radius 3 is 2.21 bits per heavy atom. The highest BCUT2D eigenvalue weighted by molar-refractivity contribution is 7.90. The van der Waals surface area contributed by atoms with Crippen molar-refractivity contribution in [2.45, 2.75) is 54.5 Å². The summed E-state index contributed by atoms with van der Waals surface area (Å²) in [6.45, 7) is 2.17. The van der Waals surface area contributed by atoms with Crippen LogP contribution in [0, 0.1) is 23.7 Å². The van der Waals surface area contributed by atoms with E-state index >= 15 is 0 Å². The minimum Gasteiger partial charge on any atom is -0.306 e. The number of alkyl halides is 2. The molecule has 4 nitrogen and oxygen atoms in total.